The number of aryl methyl sites for hydroxylation is 1. The van der Waals surface area contributed by atoms with E-state index in [4.69, 9.17) is 4.74 Å². The Balaban J connectivity index is 1.39. The largest absolute Gasteiger partial charge is 0.455 e. The Morgan fingerprint density at radius 1 is 1.17 bits per heavy atom. The van der Waals surface area contributed by atoms with Crippen molar-refractivity contribution in [2.24, 2.45) is 17.3 Å². The van der Waals surface area contributed by atoms with E-state index in [1.807, 2.05) is 0 Å². The van der Waals surface area contributed by atoms with Gasteiger partial charge < -0.3 is 15.4 Å². The van der Waals surface area contributed by atoms with Crippen molar-refractivity contribution in [2.75, 3.05) is 11.9 Å². The average molecular weight is 402 g/mol. The molecule has 0 aliphatic heterocycles. The zero-order chi connectivity index (χ0) is 20.8. The van der Waals surface area contributed by atoms with Crippen LogP contribution in [0.25, 0.3) is 0 Å². The predicted octanol–water partition coefficient (Wildman–Crippen LogP) is 3.09. The van der Waals surface area contributed by atoms with Crippen LogP contribution in [-0.2, 0) is 19.1 Å². The van der Waals surface area contributed by atoms with Crippen LogP contribution < -0.4 is 10.6 Å². The van der Waals surface area contributed by atoms with E-state index < -0.39 is 23.7 Å². The molecule has 2 N–H and O–H groups in total. The number of amides is 2. The quantitative estimate of drug-likeness (QED) is 0.742. The number of benzene rings is 1. The Hall–Kier alpha value is -2.44. The third-order valence-electron chi connectivity index (χ3n) is 6.73. The Kier molecular flexibility index (Phi) is 4.87. The number of halogens is 1. The van der Waals surface area contributed by atoms with Crippen LogP contribution in [0.2, 0.25) is 0 Å². The van der Waals surface area contributed by atoms with Gasteiger partial charge in [-0.2, -0.15) is 0 Å². The van der Waals surface area contributed by atoms with Crippen molar-refractivity contribution in [2.45, 2.75) is 57.9 Å². The maximum atomic E-state index is 13.6. The van der Waals surface area contributed by atoms with Crippen molar-refractivity contribution in [3.63, 3.8) is 0 Å². The monoisotopic (exact) mass is 402 g/mol. The summed E-state index contributed by atoms with van der Waals surface area (Å²) in [7, 11) is 0. The summed E-state index contributed by atoms with van der Waals surface area (Å²) in [6, 6.07) is 4.42. The van der Waals surface area contributed by atoms with Crippen molar-refractivity contribution < 1.29 is 23.5 Å². The predicted molar refractivity (Wildman–Crippen MR) is 104 cm³/mol. The van der Waals surface area contributed by atoms with Crippen LogP contribution in [0.1, 0.15) is 51.0 Å². The Labute approximate surface area is 169 Å². The lowest BCUT2D eigenvalue weighted by atomic mass is 9.47. The van der Waals surface area contributed by atoms with E-state index in [2.05, 4.69) is 10.6 Å². The van der Waals surface area contributed by atoms with Crippen LogP contribution >= 0.6 is 0 Å². The fraction of sp³-hybridized carbons (Fsp3) is 0.591. The van der Waals surface area contributed by atoms with E-state index in [1.165, 1.54) is 13.0 Å². The molecule has 0 radical (unpaired) electrons. The van der Waals surface area contributed by atoms with Gasteiger partial charge in [0.05, 0.1) is 5.41 Å². The van der Waals surface area contributed by atoms with Crippen molar-refractivity contribution in [3.05, 3.63) is 29.6 Å². The normalized spacial score (nSPS) is 32.0. The molecule has 4 aliphatic rings. The minimum Gasteiger partial charge on any atom is -0.455 e. The molecule has 29 heavy (non-hydrogen) atoms. The molecule has 2 unspecified atom stereocenters. The van der Waals surface area contributed by atoms with Crippen LogP contribution in [0.5, 0.6) is 0 Å². The second kappa shape index (κ2) is 7.11. The van der Waals surface area contributed by atoms with Gasteiger partial charge in [0.2, 0.25) is 5.91 Å². The summed E-state index contributed by atoms with van der Waals surface area (Å²) in [5, 5.41) is 5.67. The molecular formula is C22H27FN2O4. The van der Waals surface area contributed by atoms with Crippen LogP contribution in [0.3, 0.4) is 0 Å². The molecule has 4 fully saturated rings. The van der Waals surface area contributed by atoms with E-state index in [1.54, 1.807) is 19.1 Å². The highest BCUT2D eigenvalue weighted by Gasteiger charge is 2.61. The van der Waals surface area contributed by atoms with Gasteiger partial charge in [-0.3, -0.25) is 14.4 Å². The van der Waals surface area contributed by atoms with E-state index in [0.29, 0.717) is 29.5 Å². The van der Waals surface area contributed by atoms with Gasteiger partial charge in [-0.25, -0.2) is 4.39 Å². The molecule has 156 valence electrons. The molecule has 4 atom stereocenters. The number of carbonyl (C=O) groups is 3. The molecule has 2 amide bonds. The highest BCUT2D eigenvalue weighted by atomic mass is 19.1. The fourth-order valence-corrected chi connectivity index (χ4v) is 6.17. The molecule has 6 nitrogen and oxygen atoms in total. The summed E-state index contributed by atoms with van der Waals surface area (Å²) < 4.78 is 19.0. The number of esters is 1. The number of ether oxygens (including phenoxy) is 1. The molecule has 4 saturated carbocycles. The minimum atomic E-state index is -0.622. The van der Waals surface area contributed by atoms with Gasteiger partial charge in [0.25, 0.3) is 5.91 Å². The van der Waals surface area contributed by atoms with Crippen molar-refractivity contribution in [1.82, 2.24) is 5.32 Å². The Morgan fingerprint density at radius 3 is 2.48 bits per heavy atom. The first kappa shape index (κ1) is 19.9. The molecule has 7 heteroatoms. The first-order valence-electron chi connectivity index (χ1n) is 10.2. The van der Waals surface area contributed by atoms with Crippen molar-refractivity contribution >= 4 is 23.5 Å². The first-order chi connectivity index (χ1) is 13.7. The van der Waals surface area contributed by atoms with Crippen LogP contribution in [-0.4, -0.2) is 29.9 Å². The summed E-state index contributed by atoms with van der Waals surface area (Å²) in [5.74, 6) is -0.522. The standard InChI is InChI=1S/C22H27FN2O4/c1-13-3-4-17(6-18(13)23)24-19(27)11-29-20(28)21-7-15-5-16(8-21)10-22(9-15,12-21)25-14(2)26/h3-4,6,15-16H,5,7-12H2,1-2H3,(H,24,27)(H,25,26)/t15-,16+,21?,22?. The highest BCUT2D eigenvalue weighted by Crippen LogP contribution is 2.62. The maximum absolute atomic E-state index is 13.6. The van der Waals surface area contributed by atoms with E-state index in [-0.39, 0.29) is 17.4 Å². The molecule has 4 aliphatic carbocycles. The van der Waals surface area contributed by atoms with Gasteiger partial charge in [-0.15, -0.1) is 0 Å². The van der Waals surface area contributed by atoms with Crippen LogP contribution in [0.15, 0.2) is 18.2 Å². The molecule has 0 spiro atoms. The summed E-state index contributed by atoms with van der Waals surface area (Å²) >= 11 is 0. The van der Waals surface area contributed by atoms with Gasteiger partial charge in [-0.05, 0) is 75.0 Å². The van der Waals surface area contributed by atoms with Crippen LogP contribution in [0, 0.1) is 30.0 Å². The molecule has 0 saturated heterocycles. The Morgan fingerprint density at radius 2 is 1.86 bits per heavy atom. The lowest BCUT2D eigenvalue weighted by molar-refractivity contribution is -0.176. The second-order valence-electron chi connectivity index (χ2n) is 9.29. The van der Waals surface area contributed by atoms with Crippen molar-refractivity contribution in [3.8, 4) is 0 Å². The smallest absolute Gasteiger partial charge is 0.312 e. The lowest BCUT2D eigenvalue weighted by Crippen LogP contribution is -2.64. The van der Waals surface area contributed by atoms with Gasteiger partial charge in [-0.1, -0.05) is 6.07 Å². The van der Waals surface area contributed by atoms with Crippen molar-refractivity contribution in [1.29, 1.82) is 0 Å². The molecule has 1 aromatic rings. The molecule has 1 aromatic carbocycles. The third kappa shape index (κ3) is 3.87. The maximum Gasteiger partial charge on any atom is 0.312 e. The molecule has 0 heterocycles. The number of carbonyl (C=O) groups excluding carboxylic acids is 3. The fourth-order valence-electron chi connectivity index (χ4n) is 6.17. The lowest BCUT2D eigenvalue weighted by Gasteiger charge is -2.60. The molecule has 4 bridgehead atoms. The highest BCUT2D eigenvalue weighted by molar-refractivity contribution is 5.93. The average Bonchev–Trinajstić information content (AvgIpc) is 2.60. The number of hydrogen-bond acceptors (Lipinski definition) is 4. The van der Waals surface area contributed by atoms with Crippen LogP contribution in [0.4, 0.5) is 10.1 Å². The molecule has 5 rings (SSSR count). The zero-order valence-corrected chi connectivity index (χ0v) is 16.8. The number of rotatable bonds is 5. The molecular weight excluding hydrogens is 375 g/mol. The van der Waals surface area contributed by atoms with Gasteiger partial charge in [0, 0.05) is 18.2 Å². The minimum absolute atomic E-state index is 0.0693. The summed E-state index contributed by atoms with van der Waals surface area (Å²) in [6.07, 6.45) is 5.02. The first-order valence-corrected chi connectivity index (χ1v) is 10.2. The molecule has 0 aromatic heterocycles. The summed E-state index contributed by atoms with van der Waals surface area (Å²) in [4.78, 5) is 36.9. The van der Waals surface area contributed by atoms with Gasteiger partial charge >= 0.3 is 5.97 Å². The van der Waals surface area contributed by atoms with E-state index >= 15 is 0 Å². The zero-order valence-electron chi connectivity index (χ0n) is 16.8. The Bertz CT molecular complexity index is 854. The topological polar surface area (TPSA) is 84.5 Å². The summed E-state index contributed by atoms with van der Waals surface area (Å²) in [6.45, 7) is 2.75. The van der Waals surface area contributed by atoms with E-state index in [9.17, 15) is 18.8 Å². The van der Waals surface area contributed by atoms with E-state index in [0.717, 1.165) is 32.1 Å². The van der Waals surface area contributed by atoms with Gasteiger partial charge in [0.1, 0.15) is 5.82 Å². The number of hydrogen-bond donors (Lipinski definition) is 2. The number of anilines is 1. The SMILES string of the molecule is CC(=O)NC12C[C@H]3C[C@@H](C1)CC(C(=O)OCC(=O)Nc1ccc(C)c(F)c1)(C3)C2. The van der Waals surface area contributed by atoms with Gasteiger partial charge in [0.15, 0.2) is 6.61 Å². The summed E-state index contributed by atoms with van der Waals surface area (Å²) in [5.41, 5.74) is -0.128. The third-order valence-corrected chi connectivity index (χ3v) is 6.73. The number of nitrogens with one attached hydrogen (secondary N) is 2. The second-order valence-corrected chi connectivity index (χ2v) is 9.29.